The fourth-order valence-corrected chi connectivity index (χ4v) is 4.17. The van der Waals surface area contributed by atoms with Crippen molar-refractivity contribution in [2.45, 2.75) is 37.3 Å². The van der Waals surface area contributed by atoms with E-state index in [1.54, 1.807) is 0 Å². The van der Waals surface area contributed by atoms with Gasteiger partial charge in [-0.15, -0.1) is 0 Å². The van der Waals surface area contributed by atoms with Gasteiger partial charge in [0, 0.05) is 25.9 Å². The summed E-state index contributed by atoms with van der Waals surface area (Å²) in [5, 5.41) is 6.33. The van der Waals surface area contributed by atoms with Gasteiger partial charge >= 0.3 is 0 Å². The fraction of sp³-hybridized carbons (Fsp3) is 0.438. The van der Waals surface area contributed by atoms with Crippen molar-refractivity contribution < 1.29 is 13.2 Å². The molecule has 2 aromatic rings. The molecule has 0 bridgehead atoms. The molecule has 0 aliphatic carbocycles. The van der Waals surface area contributed by atoms with Gasteiger partial charge in [-0.2, -0.15) is 9.40 Å². The van der Waals surface area contributed by atoms with Crippen molar-refractivity contribution in [2.75, 3.05) is 13.2 Å². The smallest absolute Gasteiger partial charge is 0.246 e. The summed E-state index contributed by atoms with van der Waals surface area (Å²) in [5.41, 5.74) is 2.08. The number of benzene rings is 1. The zero-order chi connectivity index (χ0) is 16.3. The lowest BCUT2D eigenvalue weighted by atomic mass is 10.1. The predicted octanol–water partition coefficient (Wildman–Crippen LogP) is 2.09. The molecule has 6 nitrogen and oxygen atoms in total. The summed E-state index contributed by atoms with van der Waals surface area (Å²) >= 11 is 0. The van der Waals surface area contributed by atoms with E-state index in [1.807, 2.05) is 31.2 Å². The van der Waals surface area contributed by atoms with Crippen LogP contribution in [0.5, 0.6) is 0 Å². The van der Waals surface area contributed by atoms with Crippen molar-refractivity contribution in [2.24, 2.45) is 0 Å². The summed E-state index contributed by atoms with van der Waals surface area (Å²) in [5.74, 6) is 0. The minimum Gasteiger partial charge on any atom is -0.377 e. The molecule has 1 aromatic heterocycles. The number of nitrogens with one attached hydrogen (secondary N) is 1. The molecule has 23 heavy (non-hydrogen) atoms. The standard InChI is InChI=1S/C16H21N3O3S/c1-13-4-2-5-14(8-13)11-19(12-15-6-3-7-22-15)23(20,21)16-9-17-18-10-16/h2,4-5,8-10,15H,3,6-7,11-12H2,1H3,(H,17,18). The number of rotatable bonds is 6. The van der Waals surface area contributed by atoms with E-state index >= 15 is 0 Å². The van der Waals surface area contributed by atoms with E-state index < -0.39 is 10.0 Å². The first-order valence-electron chi connectivity index (χ1n) is 7.72. The SMILES string of the molecule is Cc1cccc(CN(CC2CCCO2)S(=O)(=O)c2cn[nH]c2)c1. The highest BCUT2D eigenvalue weighted by Gasteiger charge is 2.29. The molecule has 0 spiro atoms. The first-order chi connectivity index (χ1) is 11.1. The second kappa shape index (κ2) is 6.82. The van der Waals surface area contributed by atoms with E-state index in [4.69, 9.17) is 4.74 Å². The number of aromatic amines is 1. The summed E-state index contributed by atoms with van der Waals surface area (Å²) in [7, 11) is -3.60. The average molecular weight is 335 g/mol. The molecule has 1 aliphatic heterocycles. The van der Waals surface area contributed by atoms with Crippen LogP contribution in [-0.4, -0.2) is 42.2 Å². The van der Waals surface area contributed by atoms with Crippen LogP contribution in [0.1, 0.15) is 24.0 Å². The molecular formula is C16H21N3O3S. The van der Waals surface area contributed by atoms with Crippen LogP contribution >= 0.6 is 0 Å². The Hall–Kier alpha value is -1.70. The molecule has 1 unspecified atom stereocenters. The Bertz CT molecular complexity index is 738. The van der Waals surface area contributed by atoms with E-state index in [9.17, 15) is 8.42 Å². The molecule has 7 heteroatoms. The van der Waals surface area contributed by atoms with Crippen LogP contribution in [0.3, 0.4) is 0 Å². The predicted molar refractivity (Wildman–Crippen MR) is 86.3 cm³/mol. The highest BCUT2D eigenvalue weighted by molar-refractivity contribution is 7.89. The fourth-order valence-electron chi connectivity index (χ4n) is 2.81. The lowest BCUT2D eigenvalue weighted by Gasteiger charge is -2.24. The Morgan fingerprint density at radius 2 is 2.30 bits per heavy atom. The Morgan fingerprint density at radius 3 is 2.96 bits per heavy atom. The van der Waals surface area contributed by atoms with E-state index in [0.717, 1.165) is 24.0 Å². The quantitative estimate of drug-likeness (QED) is 0.877. The van der Waals surface area contributed by atoms with Gasteiger partial charge in [-0.1, -0.05) is 29.8 Å². The average Bonchev–Trinajstić information content (AvgIpc) is 3.20. The number of nitrogens with zero attached hydrogens (tertiary/aromatic N) is 2. The van der Waals surface area contributed by atoms with E-state index in [1.165, 1.54) is 16.7 Å². The van der Waals surface area contributed by atoms with Gasteiger partial charge in [0.1, 0.15) is 4.90 Å². The molecule has 1 fully saturated rings. The van der Waals surface area contributed by atoms with Crippen LogP contribution in [0.15, 0.2) is 41.6 Å². The third kappa shape index (κ3) is 3.80. The molecule has 3 rings (SSSR count). The molecule has 1 N–H and O–H groups in total. The maximum Gasteiger partial charge on any atom is 0.246 e. The van der Waals surface area contributed by atoms with Crippen LogP contribution in [0.2, 0.25) is 0 Å². The van der Waals surface area contributed by atoms with Gasteiger partial charge in [-0.05, 0) is 25.3 Å². The lowest BCUT2D eigenvalue weighted by molar-refractivity contribution is 0.0926. The Morgan fingerprint density at radius 1 is 1.43 bits per heavy atom. The van der Waals surface area contributed by atoms with Crippen molar-refractivity contribution in [3.8, 4) is 0 Å². The molecule has 1 saturated heterocycles. The van der Waals surface area contributed by atoms with Crippen LogP contribution in [0.25, 0.3) is 0 Å². The van der Waals surface area contributed by atoms with Gasteiger partial charge in [0.15, 0.2) is 0 Å². The van der Waals surface area contributed by atoms with Gasteiger partial charge in [0.25, 0.3) is 0 Å². The normalized spacial score (nSPS) is 18.6. The third-order valence-electron chi connectivity index (χ3n) is 3.98. The molecule has 124 valence electrons. The summed E-state index contributed by atoms with van der Waals surface area (Å²) in [6.07, 6.45) is 4.59. The number of hydrogen-bond acceptors (Lipinski definition) is 4. The van der Waals surface area contributed by atoms with Crippen LogP contribution < -0.4 is 0 Å². The number of hydrogen-bond donors (Lipinski definition) is 1. The zero-order valence-electron chi connectivity index (χ0n) is 13.1. The summed E-state index contributed by atoms with van der Waals surface area (Å²) in [6.45, 7) is 3.39. The van der Waals surface area contributed by atoms with Crippen LogP contribution in [-0.2, 0) is 21.3 Å². The summed E-state index contributed by atoms with van der Waals surface area (Å²) in [6, 6.07) is 7.89. The molecule has 0 amide bonds. The Balaban J connectivity index is 1.86. The van der Waals surface area contributed by atoms with Gasteiger partial charge in [0.2, 0.25) is 10.0 Å². The topological polar surface area (TPSA) is 75.3 Å². The maximum absolute atomic E-state index is 12.9. The van der Waals surface area contributed by atoms with Crippen LogP contribution in [0.4, 0.5) is 0 Å². The number of aryl methyl sites for hydroxylation is 1. The van der Waals surface area contributed by atoms with Crippen molar-refractivity contribution in [1.82, 2.24) is 14.5 Å². The van der Waals surface area contributed by atoms with Crippen molar-refractivity contribution in [3.63, 3.8) is 0 Å². The van der Waals surface area contributed by atoms with Crippen molar-refractivity contribution in [1.29, 1.82) is 0 Å². The third-order valence-corrected chi connectivity index (χ3v) is 5.76. The van der Waals surface area contributed by atoms with E-state index in [-0.39, 0.29) is 11.0 Å². The monoisotopic (exact) mass is 335 g/mol. The first kappa shape index (κ1) is 16.2. The second-order valence-corrected chi connectivity index (χ2v) is 7.79. The van der Waals surface area contributed by atoms with Gasteiger partial charge in [-0.3, -0.25) is 5.10 Å². The maximum atomic E-state index is 12.9. The van der Waals surface area contributed by atoms with E-state index in [2.05, 4.69) is 10.2 Å². The lowest BCUT2D eigenvalue weighted by Crippen LogP contribution is -2.36. The van der Waals surface area contributed by atoms with Crippen molar-refractivity contribution in [3.05, 3.63) is 47.8 Å². The molecule has 0 radical (unpaired) electrons. The molecule has 1 atom stereocenters. The molecule has 1 aromatic carbocycles. The number of sulfonamides is 1. The zero-order valence-corrected chi connectivity index (χ0v) is 13.9. The largest absolute Gasteiger partial charge is 0.377 e. The van der Waals surface area contributed by atoms with Crippen LogP contribution in [0, 0.1) is 6.92 Å². The molecular weight excluding hydrogens is 314 g/mol. The van der Waals surface area contributed by atoms with Crippen molar-refractivity contribution >= 4 is 10.0 Å². The van der Waals surface area contributed by atoms with Gasteiger partial charge in [0.05, 0.1) is 12.3 Å². The number of ether oxygens (including phenoxy) is 1. The second-order valence-electron chi connectivity index (χ2n) is 5.86. The van der Waals surface area contributed by atoms with E-state index in [0.29, 0.717) is 19.7 Å². The minimum absolute atomic E-state index is 0.0403. The Kier molecular flexibility index (Phi) is 4.79. The highest BCUT2D eigenvalue weighted by Crippen LogP contribution is 2.22. The minimum atomic E-state index is -3.60. The number of H-pyrrole nitrogens is 1. The molecule has 0 saturated carbocycles. The number of aromatic nitrogens is 2. The first-order valence-corrected chi connectivity index (χ1v) is 9.16. The Labute approximate surface area is 136 Å². The van der Waals surface area contributed by atoms with Gasteiger partial charge < -0.3 is 4.74 Å². The molecule has 1 aliphatic rings. The summed E-state index contributed by atoms with van der Waals surface area (Å²) < 4.78 is 32.9. The van der Waals surface area contributed by atoms with Gasteiger partial charge in [-0.25, -0.2) is 8.42 Å². The molecule has 2 heterocycles. The highest BCUT2D eigenvalue weighted by atomic mass is 32.2. The summed E-state index contributed by atoms with van der Waals surface area (Å²) in [4.78, 5) is 0.183.